The highest BCUT2D eigenvalue weighted by atomic mass is 16.6. The van der Waals surface area contributed by atoms with E-state index >= 15 is 0 Å². The number of unbranched alkanes of at least 4 members (excludes halogenated alkanes) is 14. The van der Waals surface area contributed by atoms with E-state index in [1.807, 2.05) is 4.90 Å². The van der Waals surface area contributed by atoms with Crippen LogP contribution in [-0.2, 0) is 28.7 Å². The fraction of sp³-hybridized carbons (Fsp3) is 0.871. The number of oxime groups is 1. The molecule has 0 bridgehead atoms. The van der Waals surface area contributed by atoms with Crippen LogP contribution in [0.1, 0.15) is 129 Å². The molecule has 2 amide bonds. The van der Waals surface area contributed by atoms with Gasteiger partial charge in [0.05, 0.1) is 12.1 Å². The van der Waals surface area contributed by atoms with Crippen molar-refractivity contribution in [1.29, 1.82) is 0 Å². The Morgan fingerprint density at radius 1 is 0.850 bits per heavy atom. The van der Waals surface area contributed by atoms with Gasteiger partial charge in [0.2, 0.25) is 5.91 Å². The van der Waals surface area contributed by atoms with E-state index in [-0.39, 0.29) is 36.5 Å². The Kier molecular flexibility index (Phi) is 22.1. The number of rotatable bonds is 26. The average molecular weight is 568 g/mol. The molecule has 1 aliphatic rings. The topological polar surface area (TPSA) is 107 Å². The maximum absolute atomic E-state index is 12.6. The number of carbonyl (C=O) groups is 3. The van der Waals surface area contributed by atoms with Crippen LogP contribution in [0.25, 0.3) is 0 Å². The van der Waals surface area contributed by atoms with Gasteiger partial charge in [-0.25, -0.2) is 0 Å². The SMILES string of the molecule is C=NOC[C@@H]1C[C@@H](OC)CN1C(=O)CCCCCNC(=O)COC(=O)CCCCCCCCCCCCCCC. The van der Waals surface area contributed by atoms with Crippen molar-refractivity contribution in [2.45, 2.75) is 141 Å². The molecule has 40 heavy (non-hydrogen) atoms. The summed E-state index contributed by atoms with van der Waals surface area (Å²) >= 11 is 0. The van der Waals surface area contributed by atoms with Crippen LogP contribution in [0.3, 0.4) is 0 Å². The highest BCUT2D eigenvalue weighted by Crippen LogP contribution is 2.22. The van der Waals surface area contributed by atoms with Crippen molar-refractivity contribution in [3.8, 4) is 0 Å². The first kappa shape index (κ1) is 35.9. The number of nitrogens with one attached hydrogen (secondary N) is 1. The van der Waals surface area contributed by atoms with Crippen molar-refractivity contribution in [1.82, 2.24) is 10.2 Å². The zero-order valence-corrected chi connectivity index (χ0v) is 25.5. The molecule has 9 heteroatoms. The minimum absolute atomic E-state index is 0.0149. The summed E-state index contributed by atoms with van der Waals surface area (Å²) in [5, 5.41) is 6.21. The number of nitrogens with zero attached hydrogens (tertiary/aromatic N) is 2. The van der Waals surface area contributed by atoms with E-state index in [0.717, 1.165) is 44.9 Å². The van der Waals surface area contributed by atoms with Gasteiger partial charge in [-0.05, 0) is 25.7 Å². The maximum Gasteiger partial charge on any atom is 0.306 e. The number of ether oxygens (including phenoxy) is 2. The Morgan fingerprint density at radius 3 is 2.02 bits per heavy atom. The summed E-state index contributed by atoms with van der Waals surface area (Å²) in [6, 6.07) is -0.0468. The summed E-state index contributed by atoms with van der Waals surface area (Å²) in [6.07, 6.45) is 20.3. The summed E-state index contributed by atoms with van der Waals surface area (Å²) in [7, 11) is 1.65. The number of likely N-dealkylation sites (tertiary alicyclic amines) is 1. The molecule has 232 valence electrons. The molecule has 9 nitrogen and oxygen atoms in total. The van der Waals surface area contributed by atoms with Gasteiger partial charge < -0.3 is 24.5 Å². The van der Waals surface area contributed by atoms with Crippen LogP contribution < -0.4 is 5.32 Å². The monoisotopic (exact) mass is 567 g/mol. The Hall–Kier alpha value is -2.16. The number of esters is 1. The first-order valence-corrected chi connectivity index (χ1v) is 15.8. The maximum atomic E-state index is 12.6. The molecule has 0 radical (unpaired) electrons. The minimum Gasteiger partial charge on any atom is -0.456 e. The van der Waals surface area contributed by atoms with Gasteiger partial charge in [0.15, 0.2) is 6.61 Å². The Balaban J connectivity index is 1.94. The molecule has 0 saturated carbocycles. The van der Waals surface area contributed by atoms with Crippen molar-refractivity contribution in [2.75, 3.05) is 33.4 Å². The number of hydrogen-bond donors (Lipinski definition) is 1. The number of methoxy groups -OCH3 is 1. The molecular weight excluding hydrogens is 510 g/mol. The molecule has 0 unspecified atom stereocenters. The summed E-state index contributed by atoms with van der Waals surface area (Å²) < 4.78 is 10.5. The second-order valence-corrected chi connectivity index (χ2v) is 11.0. The Bertz CT molecular complexity index is 690. The zero-order chi connectivity index (χ0) is 29.3. The van der Waals surface area contributed by atoms with Gasteiger partial charge in [0, 0.05) is 39.8 Å². The van der Waals surface area contributed by atoms with Crippen molar-refractivity contribution < 1.29 is 28.7 Å². The number of carbonyl (C=O) groups excluding carboxylic acids is 3. The molecule has 0 aromatic heterocycles. The molecule has 2 atom stereocenters. The highest BCUT2D eigenvalue weighted by molar-refractivity contribution is 5.80. The molecule has 1 saturated heterocycles. The van der Waals surface area contributed by atoms with E-state index in [4.69, 9.17) is 14.3 Å². The van der Waals surface area contributed by atoms with Crippen LogP contribution in [-0.4, -0.2) is 75.0 Å². The van der Waals surface area contributed by atoms with Crippen LogP contribution in [0.4, 0.5) is 0 Å². The number of amides is 2. The standard InChI is InChI=1S/C31H57N3O6/c1-4-5-6-7-8-9-10-11-12-13-14-15-18-21-31(37)39-26-29(35)33-22-19-16-17-20-30(36)34-24-28(38-3)23-27(34)25-40-32-2/h27-28H,2,4-26H2,1,3H3,(H,33,35)/t27-,28+/m0/s1. The first-order valence-electron chi connectivity index (χ1n) is 15.8. The molecule has 1 aliphatic heterocycles. The molecular formula is C31H57N3O6. The molecule has 0 spiro atoms. The molecule has 0 aromatic carbocycles. The molecule has 0 aromatic rings. The largest absolute Gasteiger partial charge is 0.456 e. The minimum atomic E-state index is -0.304. The van der Waals surface area contributed by atoms with Gasteiger partial charge in [-0.15, -0.1) is 5.16 Å². The Morgan fingerprint density at radius 2 is 1.43 bits per heavy atom. The van der Waals surface area contributed by atoms with Crippen LogP contribution in [0.5, 0.6) is 0 Å². The summed E-state index contributed by atoms with van der Waals surface area (Å²) in [5.74, 6) is -0.505. The average Bonchev–Trinajstić information content (AvgIpc) is 3.38. The van der Waals surface area contributed by atoms with Gasteiger partial charge in [0.25, 0.3) is 5.91 Å². The van der Waals surface area contributed by atoms with Gasteiger partial charge in [-0.2, -0.15) is 0 Å². The third kappa shape index (κ3) is 18.2. The molecule has 0 aliphatic carbocycles. The second kappa shape index (κ2) is 24.6. The van der Waals surface area contributed by atoms with Gasteiger partial charge >= 0.3 is 5.97 Å². The quantitative estimate of drug-likeness (QED) is 0.0600. The fourth-order valence-electron chi connectivity index (χ4n) is 5.15. The zero-order valence-electron chi connectivity index (χ0n) is 25.5. The third-order valence-corrected chi connectivity index (χ3v) is 7.63. The highest BCUT2D eigenvalue weighted by Gasteiger charge is 2.35. The lowest BCUT2D eigenvalue weighted by atomic mass is 10.0. The predicted octanol–water partition coefficient (Wildman–Crippen LogP) is 5.94. The molecule has 1 fully saturated rings. The lowest BCUT2D eigenvalue weighted by molar-refractivity contribution is -0.148. The normalized spacial score (nSPS) is 16.6. The Labute approximate surface area is 243 Å². The summed E-state index contributed by atoms with van der Waals surface area (Å²) in [5.41, 5.74) is 0. The lowest BCUT2D eigenvalue weighted by Crippen LogP contribution is -2.38. The summed E-state index contributed by atoms with van der Waals surface area (Å²) in [6.45, 7) is 6.73. The van der Waals surface area contributed by atoms with Crippen molar-refractivity contribution in [3.05, 3.63) is 0 Å². The first-order chi connectivity index (χ1) is 19.5. The van der Waals surface area contributed by atoms with E-state index in [1.54, 1.807) is 7.11 Å². The van der Waals surface area contributed by atoms with Crippen LogP contribution in [0.15, 0.2) is 5.16 Å². The lowest BCUT2D eigenvalue weighted by Gasteiger charge is -2.23. The molecule has 1 N–H and O–H groups in total. The third-order valence-electron chi connectivity index (χ3n) is 7.63. The smallest absolute Gasteiger partial charge is 0.306 e. The predicted molar refractivity (Wildman–Crippen MR) is 159 cm³/mol. The summed E-state index contributed by atoms with van der Waals surface area (Å²) in [4.78, 5) is 43.3. The van der Waals surface area contributed by atoms with Gasteiger partial charge in [-0.3, -0.25) is 14.4 Å². The van der Waals surface area contributed by atoms with E-state index in [0.29, 0.717) is 32.5 Å². The van der Waals surface area contributed by atoms with Crippen LogP contribution >= 0.6 is 0 Å². The van der Waals surface area contributed by atoms with E-state index in [2.05, 4.69) is 24.1 Å². The molecule has 1 heterocycles. The number of hydrogen-bond acceptors (Lipinski definition) is 7. The van der Waals surface area contributed by atoms with Crippen LogP contribution in [0.2, 0.25) is 0 Å². The van der Waals surface area contributed by atoms with Crippen LogP contribution in [0, 0.1) is 0 Å². The van der Waals surface area contributed by atoms with E-state index < -0.39 is 0 Å². The van der Waals surface area contributed by atoms with E-state index in [9.17, 15) is 14.4 Å². The van der Waals surface area contributed by atoms with Gasteiger partial charge in [-0.1, -0.05) is 90.4 Å². The fourth-order valence-corrected chi connectivity index (χ4v) is 5.15. The van der Waals surface area contributed by atoms with Crippen molar-refractivity contribution >= 4 is 24.5 Å². The van der Waals surface area contributed by atoms with Crippen molar-refractivity contribution in [2.24, 2.45) is 5.16 Å². The van der Waals surface area contributed by atoms with Crippen molar-refractivity contribution in [3.63, 3.8) is 0 Å². The second-order valence-electron chi connectivity index (χ2n) is 11.0. The van der Waals surface area contributed by atoms with E-state index in [1.165, 1.54) is 64.2 Å². The van der Waals surface area contributed by atoms with Gasteiger partial charge in [0.1, 0.15) is 6.61 Å². The molecule has 1 rings (SSSR count).